The molecule has 1 aliphatic heterocycles. The number of nitrogens with one attached hydrogen (secondary N) is 1. The van der Waals surface area contributed by atoms with Gasteiger partial charge in [0, 0.05) is 25.3 Å². The molecular weight excluding hydrogens is 278 g/mol. The van der Waals surface area contributed by atoms with Crippen molar-refractivity contribution in [3.8, 4) is 0 Å². The number of hydrogen-bond acceptors (Lipinski definition) is 3. The summed E-state index contributed by atoms with van der Waals surface area (Å²) < 4.78 is 2.05. The molecule has 0 bridgehead atoms. The highest BCUT2D eigenvalue weighted by Crippen LogP contribution is 2.35. The molecule has 1 aliphatic carbocycles. The van der Waals surface area contributed by atoms with E-state index in [0.717, 1.165) is 31.8 Å². The van der Waals surface area contributed by atoms with Crippen LogP contribution >= 0.6 is 0 Å². The Morgan fingerprint density at radius 1 is 1.36 bits per heavy atom. The van der Waals surface area contributed by atoms with E-state index in [1.54, 1.807) is 0 Å². The summed E-state index contributed by atoms with van der Waals surface area (Å²) in [6.45, 7) is 5.35. The molecule has 1 saturated heterocycles. The molecule has 0 radical (unpaired) electrons. The van der Waals surface area contributed by atoms with Crippen LogP contribution in [0.25, 0.3) is 0 Å². The largest absolute Gasteiger partial charge is 0.390 e. The Bertz CT molecular complexity index is 502. The number of carbonyl (C=O) groups is 1. The Kier molecular flexibility index (Phi) is 4.84. The van der Waals surface area contributed by atoms with Gasteiger partial charge in [0.05, 0.1) is 6.10 Å². The van der Waals surface area contributed by atoms with Crippen molar-refractivity contribution in [3.63, 3.8) is 0 Å². The van der Waals surface area contributed by atoms with Crippen molar-refractivity contribution in [2.45, 2.75) is 44.8 Å². The first-order chi connectivity index (χ1) is 10.6. The van der Waals surface area contributed by atoms with Gasteiger partial charge in [0.15, 0.2) is 0 Å². The minimum absolute atomic E-state index is 0.0804. The molecule has 3 rings (SSSR count). The van der Waals surface area contributed by atoms with Gasteiger partial charge >= 0.3 is 0 Å². The van der Waals surface area contributed by atoms with Crippen molar-refractivity contribution >= 4 is 5.91 Å². The first-order valence-corrected chi connectivity index (χ1v) is 8.49. The number of hydrogen-bond donors (Lipinski definition) is 2. The summed E-state index contributed by atoms with van der Waals surface area (Å²) in [6.07, 6.45) is 6.19. The SMILES string of the molecule is CC1CCN(CC(O)CNC(=O)c2cccn2C2CC2)CC1. The lowest BCUT2D eigenvalue weighted by Gasteiger charge is -2.31. The van der Waals surface area contributed by atoms with Gasteiger partial charge < -0.3 is 19.9 Å². The minimum Gasteiger partial charge on any atom is -0.390 e. The maximum absolute atomic E-state index is 12.2. The van der Waals surface area contributed by atoms with Crippen molar-refractivity contribution in [1.29, 1.82) is 0 Å². The van der Waals surface area contributed by atoms with Crippen LogP contribution in [0.5, 0.6) is 0 Å². The topological polar surface area (TPSA) is 57.5 Å². The highest BCUT2D eigenvalue weighted by Gasteiger charge is 2.27. The molecule has 1 saturated carbocycles. The number of likely N-dealkylation sites (tertiary alicyclic amines) is 1. The van der Waals surface area contributed by atoms with E-state index >= 15 is 0 Å². The molecule has 1 unspecified atom stereocenters. The first-order valence-electron chi connectivity index (χ1n) is 8.49. The van der Waals surface area contributed by atoms with Crippen LogP contribution in [0.4, 0.5) is 0 Å². The van der Waals surface area contributed by atoms with Gasteiger partial charge in [-0.1, -0.05) is 6.92 Å². The molecule has 0 spiro atoms. The maximum Gasteiger partial charge on any atom is 0.268 e. The van der Waals surface area contributed by atoms with Crippen molar-refractivity contribution in [3.05, 3.63) is 24.0 Å². The van der Waals surface area contributed by atoms with E-state index in [2.05, 4.69) is 17.1 Å². The Morgan fingerprint density at radius 2 is 2.09 bits per heavy atom. The fraction of sp³-hybridized carbons (Fsp3) is 0.706. The molecule has 1 aromatic heterocycles. The zero-order chi connectivity index (χ0) is 15.5. The summed E-state index contributed by atoms with van der Waals surface area (Å²) in [5, 5.41) is 13.0. The van der Waals surface area contributed by atoms with Crippen molar-refractivity contribution in [2.24, 2.45) is 5.92 Å². The van der Waals surface area contributed by atoms with Crippen molar-refractivity contribution < 1.29 is 9.90 Å². The lowest BCUT2D eigenvalue weighted by atomic mass is 9.99. The molecule has 5 nitrogen and oxygen atoms in total. The van der Waals surface area contributed by atoms with Gasteiger partial charge in [0.1, 0.15) is 5.69 Å². The lowest BCUT2D eigenvalue weighted by Crippen LogP contribution is -2.43. The molecule has 5 heteroatoms. The molecule has 1 aromatic rings. The fourth-order valence-corrected chi connectivity index (χ4v) is 3.17. The van der Waals surface area contributed by atoms with Crippen LogP contribution in [0.15, 0.2) is 18.3 Å². The Morgan fingerprint density at radius 3 is 2.77 bits per heavy atom. The second kappa shape index (κ2) is 6.84. The van der Waals surface area contributed by atoms with Crippen LogP contribution < -0.4 is 5.32 Å². The van der Waals surface area contributed by atoms with E-state index in [1.807, 2.05) is 22.9 Å². The maximum atomic E-state index is 12.2. The van der Waals surface area contributed by atoms with Crippen LogP contribution in [0.1, 0.15) is 49.1 Å². The summed E-state index contributed by atoms with van der Waals surface area (Å²) >= 11 is 0. The first kappa shape index (κ1) is 15.6. The predicted molar refractivity (Wildman–Crippen MR) is 85.9 cm³/mol. The number of aromatic nitrogens is 1. The van der Waals surface area contributed by atoms with Crippen molar-refractivity contribution in [1.82, 2.24) is 14.8 Å². The molecule has 2 N–H and O–H groups in total. The second-order valence-corrected chi connectivity index (χ2v) is 6.88. The third-order valence-electron chi connectivity index (χ3n) is 4.80. The van der Waals surface area contributed by atoms with Gasteiger partial charge in [-0.15, -0.1) is 0 Å². The number of rotatable bonds is 6. The molecule has 1 amide bonds. The Balaban J connectivity index is 1.43. The molecule has 2 aliphatic rings. The van der Waals surface area contributed by atoms with Crippen LogP contribution in [0.3, 0.4) is 0 Å². The third-order valence-corrected chi connectivity index (χ3v) is 4.80. The number of nitrogens with zero attached hydrogens (tertiary/aromatic N) is 2. The number of aliphatic hydroxyl groups excluding tert-OH is 1. The quantitative estimate of drug-likeness (QED) is 0.840. The number of β-amino-alcohol motifs (C(OH)–C–C–N with tert-alkyl or cyclic N) is 1. The van der Waals surface area contributed by atoms with Crippen LogP contribution in [0.2, 0.25) is 0 Å². The predicted octanol–water partition coefficient (Wildman–Crippen LogP) is 1.65. The van der Waals surface area contributed by atoms with Crippen LogP contribution in [0, 0.1) is 5.92 Å². The standard InChI is InChI=1S/C17H27N3O2/c1-13-6-9-19(10-7-13)12-15(21)11-18-17(22)16-3-2-8-20(16)14-4-5-14/h2-3,8,13-15,21H,4-7,9-12H2,1H3,(H,18,22). The number of carbonyl (C=O) groups excluding carboxylic acids is 1. The normalized spacial score (nSPS) is 21.7. The van der Waals surface area contributed by atoms with E-state index in [1.165, 1.54) is 12.8 Å². The molecule has 122 valence electrons. The van der Waals surface area contributed by atoms with Gasteiger partial charge in [-0.05, 0) is 56.8 Å². The number of amides is 1. The molecule has 22 heavy (non-hydrogen) atoms. The fourth-order valence-electron chi connectivity index (χ4n) is 3.17. The van der Waals surface area contributed by atoms with Gasteiger partial charge in [0.25, 0.3) is 5.91 Å². The summed E-state index contributed by atoms with van der Waals surface area (Å²) in [5.74, 6) is 0.714. The molecule has 0 aromatic carbocycles. The van der Waals surface area contributed by atoms with Gasteiger partial charge in [0.2, 0.25) is 0 Å². The van der Waals surface area contributed by atoms with Gasteiger partial charge in [-0.25, -0.2) is 0 Å². The molecule has 1 atom stereocenters. The lowest BCUT2D eigenvalue weighted by molar-refractivity contribution is 0.0790. The highest BCUT2D eigenvalue weighted by atomic mass is 16.3. The second-order valence-electron chi connectivity index (χ2n) is 6.88. The monoisotopic (exact) mass is 305 g/mol. The highest BCUT2D eigenvalue weighted by molar-refractivity contribution is 5.92. The summed E-state index contributed by atoms with van der Waals surface area (Å²) in [5.41, 5.74) is 0.710. The zero-order valence-electron chi connectivity index (χ0n) is 13.4. The van der Waals surface area contributed by atoms with Crippen LogP contribution in [-0.2, 0) is 0 Å². The van der Waals surface area contributed by atoms with E-state index in [-0.39, 0.29) is 5.91 Å². The summed E-state index contributed by atoms with van der Waals surface area (Å²) in [7, 11) is 0. The molecule has 2 heterocycles. The van der Waals surface area contributed by atoms with Gasteiger partial charge in [-0.2, -0.15) is 0 Å². The molecule has 2 fully saturated rings. The van der Waals surface area contributed by atoms with E-state index in [4.69, 9.17) is 0 Å². The summed E-state index contributed by atoms with van der Waals surface area (Å²) in [6, 6.07) is 4.26. The van der Waals surface area contributed by atoms with E-state index in [0.29, 0.717) is 24.8 Å². The van der Waals surface area contributed by atoms with E-state index in [9.17, 15) is 9.90 Å². The average Bonchev–Trinajstić information content (AvgIpc) is 3.24. The smallest absolute Gasteiger partial charge is 0.268 e. The molecular formula is C17H27N3O2. The third kappa shape index (κ3) is 3.90. The zero-order valence-corrected chi connectivity index (χ0v) is 13.4. The van der Waals surface area contributed by atoms with Crippen molar-refractivity contribution in [2.75, 3.05) is 26.2 Å². The Labute approximate surface area is 132 Å². The minimum atomic E-state index is -0.498. The summed E-state index contributed by atoms with van der Waals surface area (Å²) in [4.78, 5) is 14.5. The average molecular weight is 305 g/mol. The van der Waals surface area contributed by atoms with E-state index < -0.39 is 6.10 Å². The number of aliphatic hydroxyl groups is 1. The van der Waals surface area contributed by atoms with Gasteiger partial charge in [-0.3, -0.25) is 4.79 Å². The Hall–Kier alpha value is -1.33. The van der Waals surface area contributed by atoms with Crippen LogP contribution in [-0.4, -0.2) is 52.8 Å². The number of piperidine rings is 1.